The van der Waals surface area contributed by atoms with Crippen molar-refractivity contribution in [2.24, 2.45) is 0 Å². The Kier molecular flexibility index (Phi) is 29.1. The fourth-order valence-electron chi connectivity index (χ4n) is 8.64. The Morgan fingerprint density at radius 1 is 0.611 bits per heavy atom. The van der Waals surface area contributed by atoms with E-state index in [9.17, 15) is 39.1 Å². The van der Waals surface area contributed by atoms with Crippen LogP contribution < -0.4 is 21.5 Å². The largest absolute Gasteiger partial charge is 0.462 e. The molecular weight excluding hydrogens is 1220 g/mol. The molecule has 1 atom stereocenters. The maximum atomic E-state index is 11.7. The van der Waals surface area contributed by atoms with Gasteiger partial charge in [0.05, 0.1) is 33.0 Å². The molecule has 0 fully saturated rings. The summed E-state index contributed by atoms with van der Waals surface area (Å²) in [6.07, 6.45) is 6.75. The summed E-state index contributed by atoms with van der Waals surface area (Å²) in [6, 6.07) is 36.2. The molecule has 95 heavy (non-hydrogen) atoms. The monoisotopic (exact) mass is 1300 g/mol. The minimum atomic E-state index is -1.62. The smallest absolute Gasteiger partial charge is 0.360 e. The second kappa shape index (κ2) is 37.2. The van der Waals surface area contributed by atoms with Crippen LogP contribution >= 0.6 is 0 Å². The van der Waals surface area contributed by atoms with Gasteiger partial charge in [0, 0.05) is 96.5 Å². The molecule has 0 aliphatic carbocycles. The fraction of sp³-hybridized carbons (Fsp3) is 0.279. The molecule has 8 aromatic heterocycles. The van der Waals surface area contributed by atoms with E-state index < -0.39 is 23.6 Å². The average Bonchev–Trinajstić information content (AvgIpc) is 1.63. The normalized spacial score (nSPS) is 12.2. The molecular formula is C68H81N13O14. The minimum absolute atomic E-state index is 0.209. The Balaban J connectivity index is 0.000000201. The van der Waals surface area contributed by atoms with Crippen LogP contribution in [0.1, 0.15) is 106 Å². The van der Waals surface area contributed by atoms with E-state index in [1.54, 1.807) is 116 Å². The number of carbonyl (C=O) groups excluding carboxylic acids is 5. The second-order valence-electron chi connectivity index (χ2n) is 20.0. The number of carbonyl (C=O) groups is 5. The number of aromatic nitrogens is 10. The van der Waals surface area contributed by atoms with Crippen LogP contribution in [0.5, 0.6) is 0 Å². The Labute approximate surface area is 548 Å². The highest BCUT2D eigenvalue weighted by molar-refractivity contribution is 5.96. The summed E-state index contributed by atoms with van der Waals surface area (Å²) in [6.45, 7) is 18.2. The number of rotatable bonds is 11. The number of nitrogens with one attached hydrogen (secondary N) is 5. The van der Waals surface area contributed by atoms with Crippen molar-refractivity contribution in [3.05, 3.63) is 202 Å². The number of hydrogen-bond acceptors (Lipinski definition) is 22. The maximum Gasteiger partial charge on any atom is 0.360 e. The quantitative estimate of drug-likeness (QED) is 0.0330. The van der Waals surface area contributed by atoms with Crippen molar-refractivity contribution in [3.8, 4) is 11.4 Å². The van der Waals surface area contributed by atoms with E-state index in [1.807, 2.05) is 94.5 Å². The molecule has 502 valence electrons. The Morgan fingerprint density at radius 2 is 1.17 bits per heavy atom. The van der Waals surface area contributed by atoms with Gasteiger partial charge in [0.1, 0.15) is 45.8 Å². The number of para-hydroxylation sites is 1. The summed E-state index contributed by atoms with van der Waals surface area (Å²) >= 11 is 0. The van der Waals surface area contributed by atoms with Crippen molar-refractivity contribution in [1.82, 2.24) is 49.6 Å². The zero-order valence-electron chi connectivity index (χ0n) is 54.8. The highest BCUT2D eigenvalue weighted by Crippen LogP contribution is 2.35. The van der Waals surface area contributed by atoms with E-state index in [0.717, 1.165) is 54.7 Å². The van der Waals surface area contributed by atoms with Gasteiger partial charge in [0.25, 0.3) is 0 Å². The number of aromatic amines is 4. The number of likely N-dealkylation sites (N-methyl/N-ethyl adjacent to an activating group) is 1. The number of nitrogen functional groups attached to an aromatic ring is 1. The first kappa shape index (κ1) is 74.3. The van der Waals surface area contributed by atoms with E-state index in [2.05, 4.69) is 50.2 Å². The molecule has 27 heteroatoms. The number of nitrogens with two attached hydrogens (primary N) is 1. The molecule has 3 aliphatic rings. The van der Waals surface area contributed by atoms with Crippen LogP contribution in [0.15, 0.2) is 151 Å². The lowest BCUT2D eigenvalue weighted by Crippen LogP contribution is -2.52. The predicted octanol–water partition coefficient (Wildman–Crippen LogP) is 9.56. The predicted molar refractivity (Wildman–Crippen MR) is 361 cm³/mol. The summed E-state index contributed by atoms with van der Waals surface area (Å²) in [5.41, 5.74) is 12.0. The standard InChI is InChI=1S/C11H14N2O3.C11H12N2O2.C11H11NO2.2C10H10N2O3.C7H10N2.C6H8N2.C2H6O/c1-3-16-10(14)11(15)7-8-5-4-6-12-9(8)13(11)2;1-3-15-11(14)9-6-8-5-4-7(2)12-10(8)13-9;1-2-14-11(13)10-7-8-5-3-4-6-9(8)12-10;1-2-15-10(14)7-5-6-3-4-8(13)12-9(6)11-7;1-2-15-10(13)8-6-7-4-3-5-12(14)9(7)11-8;1-6-4-3-5-9-7(6)8-2;1-5-3-2-4-8-6(5)7;1-2-3/h4-6,15H,3,7H2,1-2H3;4-6H,3H2,1-2H3,(H,12,13);3-7,12H,2H2,1H3;3-5H,2H2,1H3,(H2,11,12,13);3-6,14H,2H2,1H3;3-5H,1-2H3,(H,8,9);2-4H,1H3,(H2,7,8);3H,2H2,1H3. The first-order valence-corrected chi connectivity index (χ1v) is 30.2. The molecule has 9 aromatic rings. The highest BCUT2D eigenvalue weighted by Gasteiger charge is 2.48. The molecule has 0 saturated heterocycles. The van der Waals surface area contributed by atoms with Crippen LogP contribution in [-0.4, -0.2) is 154 Å². The number of aliphatic hydroxyl groups is 2. The summed E-state index contributed by atoms with van der Waals surface area (Å²) < 4.78 is 25.2. The zero-order chi connectivity index (χ0) is 69.6. The summed E-state index contributed by atoms with van der Waals surface area (Å²) in [5, 5.41) is 33.0. The third-order valence-corrected chi connectivity index (χ3v) is 13.2. The van der Waals surface area contributed by atoms with Gasteiger partial charge in [0.2, 0.25) is 11.3 Å². The third-order valence-electron chi connectivity index (χ3n) is 13.2. The number of nitrogens with zero attached hydrogens (tertiary/aromatic N) is 7. The summed E-state index contributed by atoms with van der Waals surface area (Å²) in [4.78, 5) is 101. The second-order valence-corrected chi connectivity index (χ2v) is 20.0. The van der Waals surface area contributed by atoms with Crippen LogP contribution in [0, 0.1) is 20.8 Å². The number of H-pyrrole nitrogens is 4. The van der Waals surface area contributed by atoms with Crippen molar-refractivity contribution in [3.63, 3.8) is 0 Å². The van der Waals surface area contributed by atoms with Gasteiger partial charge in [-0.2, -0.15) is 4.73 Å². The van der Waals surface area contributed by atoms with Gasteiger partial charge >= 0.3 is 29.8 Å². The SMILES string of the molecule is CCO.CCOC(=O)C1(O)Cc2cccnc2N1C.CCOC(=O)c1cc2ccc(=O)[nH]c2[nH]1.CCOC(=O)c1cc2ccc(C)nc2[nH]1.CCOC(=O)c1cc2ccccc2[nH]1.CCOC(=O)c1cc2cccn(O)c-2n1.CNc1ncccc1C.Cc1cccnc1N. The van der Waals surface area contributed by atoms with Gasteiger partial charge in [-0.05, 0) is 152 Å². The lowest BCUT2D eigenvalue weighted by Gasteiger charge is -2.28. The first-order chi connectivity index (χ1) is 45.6. The van der Waals surface area contributed by atoms with Crippen LogP contribution in [0.25, 0.3) is 44.4 Å². The number of ether oxygens (including phenoxy) is 5. The van der Waals surface area contributed by atoms with Crippen molar-refractivity contribution in [2.45, 2.75) is 74.5 Å². The number of benzene rings is 1. The van der Waals surface area contributed by atoms with Gasteiger partial charge in [-0.25, -0.2) is 48.9 Å². The number of hydrogen-bond donors (Lipinski definition) is 9. The molecule has 11 heterocycles. The molecule has 10 N–H and O–H groups in total. The van der Waals surface area contributed by atoms with E-state index in [-0.39, 0.29) is 42.8 Å². The van der Waals surface area contributed by atoms with Gasteiger partial charge in [0.15, 0.2) is 11.5 Å². The molecule has 0 spiro atoms. The minimum Gasteiger partial charge on any atom is -0.462 e. The molecule has 0 bridgehead atoms. The molecule has 27 nitrogen and oxygen atoms in total. The van der Waals surface area contributed by atoms with Gasteiger partial charge in [-0.15, -0.1) is 0 Å². The number of fused-ring (bicyclic) bond motifs is 5. The number of anilines is 3. The van der Waals surface area contributed by atoms with Crippen molar-refractivity contribution in [1.29, 1.82) is 0 Å². The Bertz CT molecular complexity index is 4240. The summed E-state index contributed by atoms with van der Waals surface area (Å²) in [5.74, 6) is 0.374. The number of aryl methyl sites for hydroxylation is 3. The van der Waals surface area contributed by atoms with Crippen molar-refractivity contribution < 1.29 is 63.1 Å². The summed E-state index contributed by atoms with van der Waals surface area (Å²) in [7, 11) is 3.51. The Morgan fingerprint density at radius 3 is 1.74 bits per heavy atom. The van der Waals surface area contributed by atoms with Crippen LogP contribution in [0.4, 0.5) is 17.5 Å². The molecule has 1 aromatic carbocycles. The lowest BCUT2D eigenvalue weighted by molar-refractivity contribution is -0.163. The van der Waals surface area contributed by atoms with E-state index >= 15 is 0 Å². The van der Waals surface area contributed by atoms with E-state index in [1.165, 1.54) is 22.7 Å². The molecule has 1 unspecified atom stereocenters. The average molecular weight is 1300 g/mol. The van der Waals surface area contributed by atoms with Gasteiger partial charge in [-0.3, -0.25) is 4.79 Å². The topological polar surface area (TPSA) is 383 Å². The van der Waals surface area contributed by atoms with Crippen molar-refractivity contribution in [2.75, 3.05) is 69.7 Å². The van der Waals surface area contributed by atoms with Gasteiger partial charge in [-0.1, -0.05) is 36.4 Å². The van der Waals surface area contributed by atoms with Crippen LogP contribution in [0.2, 0.25) is 0 Å². The molecule has 0 radical (unpaired) electrons. The van der Waals surface area contributed by atoms with E-state index in [4.69, 9.17) is 34.5 Å². The number of pyridine rings is 6. The number of aliphatic hydroxyl groups excluding tert-OH is 1. The molecule has 0 amide bonds. The van der Waals surface area contributed by atoms with Crippen molar-refractivity contribution >= 4 is 80.3 Å². The molecule has 3 aliphatic heterocycles. The number of esters is 5. The molecule has 0 saturated carbocycles. The lowest BCUT2D eigenvalue weighted by atomic mass is 10.1. The van der Waals surface area contributed by atoms with E-state index in [0.29, 0.717) is 72.2 Å². The molecule has 12 rings (SSSR count). The third kappa shape index (κ3) is 21.3. The van der Waals surface area contributed by atoms with Crippen LogP contribution in [-0.2, 0) is 34.9 Å². The first-order valence-electron chi connectivity index (χ1n) is 30.2. The van der Waals surface area contributed by atoms with Crippen LogP contribution in [0.3, 0.4) is 0 Å². The van der Waals surface area contributed by atoms with Gasteiger partial charge < -0.3 is 75.0 Å². The fourth-order valence-corrected chi connectivity index (χ4v) is 8.64. The zero-order valence-corrected chi connectivity index (χ0v) is 54.8. The Hall–Kier alpha value is -11.5. The maximum absolute atomic E-state index is 11.7. The highest BCUT2D eigenvalue weighted by atomic mass is 16.6.